The number of rotatable bonds is 5. The molecule has 0 saturated heterocycles. The van der Waals surface area contributed by atoms with Gasteiger partial charge in [0.05, 0.1) is 16.8 Å². The van der Waals surface area contributed by atoms with Gasteiger partial charge in [-0.3, -0.25) is 5.32 Å². The molecule has 0 bridgehead atoms. The maximum absolute atomic E-state index is 14.4. The monoisotopic (exact) mass is 540 g/mol. The highest BCUT2D eigenvalue weighted by molar-refractivity contribution is 6.31. The van der Waals surface area contributed by atoms with E-state index in [1.165, 1.54) is 23.0 Å². The van der Waals surface area contributed by atoms with Crippen LogP contribution in [0.5, 0.6) is 0 Å². The van der Waals surface area contributed by atoms with Crippen molar-refractivity contribution in [3.8, 4) is 17.1 Å². The molecule has 14 heteroatoms. The van der Waals surface area contributed by atoms with Gasteiger partial charge in [-0.05, 0) is 42.5 Å². The molecular formula is C24H16ClF3N8O2. The largest absolute Gasteiger partial charge is 0.465 e. The molecule has 0 aliphatic heterocycles. The second-order valence-corrected chi connectivity index (χ2v) is 8.49. The van der Waals surface area contributed by atoms with E-state index in [2.05, 4.69) is 25.4 Å². The van der Waals surface area contributed by atoms with Gasteiger partial charge >= 0.3 is 6.09 Å². The second kappa shape index (κ2) is 9.52. The topological polar surface area (TPSA) is 158 Å². The van der Waals surface area contributed by atoms with Gasteiger partial charge < -0.3 is 16.6 Å². The van der Waals surface area contributed by atoms with E-state index in [9.17, 15) is 18.0 Å². The number of carbonyl (C=O) groups is 1. The number of pyridine rings is 1. The number of anilines is 3. The van der Waals surface area contributed by atoms with E-state index >= 15 is 0 Å². The third-order valence-electron chi connectivity index (χ3n) is 5.63. The van der Waals surface area contributed by atoms with E-state index in [-0.39, 0.29) is 41.1 Å². The molecule has 0 spiro atoms. The lowest BCUT2D eigenvalue weighted by molar-refractivity contribution is 0.209. The Labute approximate surface area is 216 Å². The summed E-state index contributed by atoms with van der Waals surface area (Å²) in [5, 5.41) is 16.1. The molecule has 192 valence electrons. The summed E-state index contributed by atoms with van der Waals surface area (Å²) in [7, 11) is 0. The zero-order valence-corrected chi connectivity index (χ0v) is 19.8. The summed E-state index contributed by atoms with van der Waals surface area (Å²) < 4.78 is 43.8. The second-order valence-electron chi connectivity index (χ2n) is 8.05. The molecule has 0 aliphatic carbocycles. The summed E-state index contributed by atoms with van der Waals surface area (Å²) in [6, 6.07) is 9.22. The number of hydrogen-bond acceptors (Lipinski definition) is 7. The lowest BCUT2D eigenvalue weighted by atomic mass is 10.1. The van der Waals surface area contributed by atoms with Gasteiger partial charge in [0.2, 0.25) is 0 Å². The molecule has 0 fully saturated rings. The van der Waals surface area contributed by atoms with Crippen LogP contribution >= 0.6 is 11.6 Å². The van der Waals surface area contributed by atoms with Gasteiger partial charge in [0.1, 0.15) is 23.3 Å². The van der Waals surface area contributed by atoms with E-state index in [0.717, 1.165) is 6.07 Å². The Kier molecular flexibility index (Phi) is 6.20. The third kappa shape index (κ3) is 4.50. The van der Waals surface area contributed by atoms with Crippen LogP contribution in [0.4, 0.5) is 35.4 Å². The number of hydrogen-bond donors (Lipinski definition) is 4. The molecule has 0 radical (unpaired) electrons. The standard InChI is InChI=1S/C24H16ClF3N8O2/c25-11-2-5-17-13(7-11)16(8-12-14(26)3-4-15(27)20(12)28)35-36(17)23-33-21(29)19(22(30)34-23)10-1-6-18(31-9-10)32-24(37)38/h1-7,9H,8H2,(H,31,32)(H,37,38)(H4,29,30,33,34). The van der Waals surface area contributed by atoms with Gasteiger partial charge in [0, 0.05) is 34.2 Å². The van der Waals surface area contributed by atoms with Gasteiger partial charge in [-0.25, -0.2) is 22.9 Å². The van der Waals surface area contributed by atoms with Crippen molar-refractivity contribution in [2.75, 3.05) is 16.8 Å². The fraction of sp³-hybridized carbons (Fsp3) is 0.0417. The number of halogens is 4. The Morgan fingerprint density at radius 3 is 2.39 bits per heavy atom. The van der Waals surface area contributed by atoms with Crippen LogP contribution in [0.2, 0.25) is 5.02 Å². The highest BCUT2D eigenvalue weighted by Gasteiger charge is 2.21. The molecule has 3 aromatic heterocycles. The van der Waals surface area contributed by atoms with Crippen molar-refractivity contribution in [1.82, 2.24) is 24.7 Å². The molecule has 5 aromatic rings. The molecule has 10 nitrogen and oxygen atoms in total. The van der Waals surface area contributed by atoms with Crippen LogP contribution in [-0.4, -0.2) is 35.9 Å². The predicted octanol–water partition coefficient (Wildman–Crippen LogP) is 4.79. The highest BCUT2D eigenvalue weighted by atomic mass is 35.5. The van der Waals surface area contributed by atoms with Gasteiger partial charge in [-0.2, -0.15) is 19.7 Å². The number of nitrogens with zero attached hydrogens (tertiary/aromatic N) is 5. The minimum atomic E-state index is -1.32. The number of fused-ring (bicyclic) bond motifs is 1. The van der Waals surface area contributed by atoms with Crippen LogP contribution in [0, 0.1) is 17.5 Å². The van der Waals surface area contributed by atoms with Crippen molar-refractivity contribution in [2.24, 2.45) is 0 Å². The smallest absolute Gasteiger partial charge is 0.410 e. The zero-order chi connectivity index (χ0) is 27.1. The Bertz CT molecular complexity index is 1700. The number of aromatic nitrogens is 5. The quantitative estimate of drug-likeness (QED) is 0.232. The molecule has 0 aliphatic rings. The minimum absolute atomic E-state index is 0.0328. The first kappa shape index (κ1) is 24.8. The number of benzene rings is 2. The van der Waals surface area contributed by atoms with Crippen molar-refractivity contribution in [2.45, 2.75) is 6.42 Å². The summed E-state index contributed by atoms with van der Waals surface area (Å²) in [4.78, 5) is 23.4. The average Bonchev–Trinajstić information content (AvgIpc) is 3.22. The number of nitrogens with one attached hydrogen (secondary N) is 1. The van der Waals surface area contributed by atoms with E-state index < -0.39 is 29.1 Å². The van der Waals surface area contributed by atoms with Gasteiger partial charge in [-0.15, -0.1) is 0 Å². The van der Waals surface area contributed by atoms with Crippen LogP contribution in [-0.2, 0) is 6.42 Å². The van der Waals surface area contributed by atoms with Crippen LogP contribution in [0.15, 0.2) is 48.7 Å². The lowest BCUT2D eigenvalue weighted by Gasteiger charge is -2.11. The minimum Gasteiger partial charge on any atom is -0.465 e. The highest BCUT2D eigenvalue weighted by Crippen LogP contribution is 2.32. The molecule has 2 aromatic carbocycles. The van der Waals surface area contributed by atoms with Crippen LogP contribution in [0.3, 0.4) is 0 Å². The summed E-state index contributed by atoms with van der Waals surface area (Å²) in [5.74, 6) is -3.45. The van der Waals surface area contributed by atoms with Gasteiger partial charge in [0.25, 0.3) is 5.95 Å². The Hall–Kier alpha value is -4.91. The van der Waals surface area contributed by atoms with E-state index in [1.807, 2.05) is 0 Å². The lowest BCUT2D eigenvalue weighted by Crippen LogP contribution is -2.11. The fourth-order valence-electron chi connectivity index (χ4n) is 3.93. The fourth-order valence-corrected chi connectivity index (χ4v) is 4.11. The summed E-state index contributed by atoms with van der Waals surface area (Å²) >= 11 is 6.16. The Morgan fingerprint density at radius 2 is 1.74 bits per heavy atom. The third-order valence-corrected chi connectivity index (χ3v) is 5.87. The molecule has 6 N–H and O–H groups in total. The number of carboxylic acid groups (broad SMARTS) is 1. The van der Waals surface area contributed by atoms with E-state index in [0.29, 0.717) is 27.6 Å². The van der Waals surface area contributed by atoms with Crippen LogP contribution in [0.1, 0.15) is 11.3 Å². The summed E-state index contributed by atoms with van der Waals surface area (Å²) in [5.41, 5.74) is 13.2. The average molecular weight is 541 g/mol. The van der Waals surface area contributed by atoms with E-state index in [4.69, 9.17) is 28.2 Å². The Balaban J connectivity index is 1.59. The first-order valence-corrected chi connectivity index (χ1v) is 11.2. The first-order valence-electron chi connectivity index (χ1n) is 10.8. The van der Waals surface area contributed by atoms with Crippen LogP contribution in [0.25, 0.3) is 28.0 Å². The van der Waals surface area contributed by atoms with Crippen molar-refractivity contribution >= 4 is 46.1 Å². The van der Waals surface area contributed by atoms with Crippen LogP contribution < -0.4 is 16.8 Å². The van der Waals surface area contributed by atoms with Crippen molar-refractivity contribution < 1.29 is 23.1 Å². The van der Waals surface area contributed by atoms with E-state index in [1.54, 1.807) is 18.2 Å². The molecule has 3 heterocycles. The predicted molar refractivity (Wildman–Crippen MR) is 134 cm³/mol. The van der Waals surface area contributed by atoms with Crippen molar-refractivity contribution in [3.05, 3.63) is 82.4 Å². The summed E-state index contributed by atoms with van der Waals surface area (Å²) in [6.45, 7) is 0. The molecule has 0 atom stereocenters. The first-order chi connectivity index (χ1) is 18.1. The number of amides is 1. The Morgan fingerprint density at radius 1 is 1.03 bits per heavy atom. The zero-order valence-electron chi connectivity index (χ0n) is 19.1. The molecule has 0 saturated carbocycles. The van der Waals surface area contributed by atoms with Crippen molar-refractivity contribution in [1.29, 1.82) is 0 Å². The summed E-state index contributed by atoms with van der Waals surface area (Å²) in [6.07, 6.45) is -0.306. The maximum Gasteiger partial charge on any atom is 0.410 e. The SMILES string of the molecule is Nc1nc(-n2nc(Cc3c(F)ccc(F)c3F)c3cc(Cl)ccc32)nc(N)c1-c1ccc(NC(=O)O)nc1. The maximum atomic E-state index is 14.4. The number of nitrogens with two attached hydrogens (primary N) is 2. The molecule has 0 unspecified atom stereocenters. The molecule has 5 rings (SSSR count). The molecule has 38 heavy (non-hydrogen) atoms. The molecular weight excluding hydrogens is 525 g/mol. The van der Waals surface area contributed by atoms with Gasteiger partial charge in [-0.1, -0.05) is 11.6 Å². The number of nitrogen functional groups attached to an aromatic ring is 2. The molecule has 1 amide bonds. The van der Waals surface area contributed by atoms with Gasteiger partial charge in [0.15, 0.2) is 11.6 Å². The van der Waals surface area contributed by atoms with Crippen molar-refractivity contribution in [3.63, 3.8) is 0 Å². The normalized spacial score (nSPS) is 11.2.